The van der Waals surface area contributed by atoms with Gasteiger partial charge in [0.1, 0.15) is 5.82 Å². The van der Waals surface area contributed by atoms with Crippen molar-refractivity contribution >= 4 is 21.8 Å². The Morgan fingerprint density at radius 1 is 1.56 bits per heavy atom. The summed E-state index contributed by atoms with van der Waals surface area (Å²) >= 11 is 3.29. The molecular formula is C13H16BrFN2O. The van der Waals surface area contributed by atoms with Crippen molar-refractivity contribution in [3.8, 4) is 0 Å². The van der Waals surface area contributed by atoms with Crippen LogP contribution < -0.4 is 5.73 Å². The van der Waals surface area contributed by atoms with Crippen molar-refractivity contribution in [2.45, 2.75) is 19.4 Å². The minimum absolute atomic E-state index is 0.139. The molecule has 1 saturated heterocycles. The number of benzene rings is 1. The van der Waals surface area contributed by atoms with Crippen LogP contribution in [0.25, 0.3) is 0 Å². The summed E-state index contributed by atoms with van der Waals surface area (Å²) in [5, 5.41) is 0. The minimum atomic E-state index is -0.400. The highest BCUT2D eigenvalue weighted by molar-refractivity contribution is 9.10. The lowest BCUT2D eigenvalue weighted by Crippen LogP contribution is -2.48. The zero-order chi connectivity index (χ0) is 13.3. The maximum Gasteiger partial charge on any atom is 0.255 e. The molecule has 0 spiro atoms. The molecular weight excluding hydrogens is 299 g/mol. The van der Waals surface area contributed by atoms with E-state index in [1.165, 1.54) is 12.1 Å². The zero-order valence-electron chi connectivity index (χ0n) is 10.2. The van der Waals surface area contributed by atoms with Crippen molar-refractivity contribution in [1.82, 2.24) is 4.90 Å². The summed E-state index contributed by atoms with van der Waals surface area (Å²) in [6, 6.07) is 4.30. The topological polar surface area (TPSA) is 46.3 Å². The summed E-state index contributed by atoms with van der Waals surface area (Å²) in [6.07, 6.45) is 0.792. The Bertz CT molecular complexity index is 466. The van der Waals surface area contributed by atoms with Gasteiger partial charge in [-0.05, 0) is 46.5 Å². The smallest absolute Gasteiger partial charge is 0.255 e. The summed E-state index contributed by atoms with van der Waals surface area (Å²) in [5.74, 6) is -0.265. The van der Waals surface area contributed by atoms with Crippen LogP contribution in [0.3, 0.4) is 0 Å². The Morgan fingerprint density at radius 3 is 2.94 bits per heavy atom. The summed E-state index contributed by atoms with van der Waals surface area (Å²) < 4.78 is 13.8. The van der Waals surface area contributed by atoms with Crippen LogP contribution in [0.4, 0.5) is 4.39 Å². The van der Waals surface area contributed by atoms with Crippen molar-refractivity contribution in [2.75, 3.05) is 13.1 Å². The molecule has 1 aliphatic heterocycles. The van der Waals surface area contributed by atoms with Gasteiger partial charge in [-0.1, -0.05) is 6.92 Å². The molecule has 1 fully saturated rings. The number of nitrogens with zero attached hydrogens (tertiary/aromatic N) is 1. The van der Waals surface area contributed by atoms with Crippen LogP contribution in [0.1, 0.15) is 23.7 Å². The molecule has 0 aliphatic carbocycles. The lowest BCUT2D eigenvalue weighted by atomic mass is 9.94. The number of rotatable bonds is 1. The van der Waals surface area contributed by atoms with Crippen LogP contribution >= 0.6 is 15.9 Å². The van der Waals surface area contributed by atoms with Crippen LogP contribution in [0, 0.1) is 11.7 Å². The first-order valence-corrected chi connectivity index (χ1v) is 6.78. The number of hydrogen-bond donors (Lipinski definition) is 1. The number of amides is 1. The normalized spacial score (nSPS) is 24.1. The van der Waals surface area contributed by atoms with Crippen LogP contribution in [0.15, 0.2) is 22.7 Å². The van der Waals surface area contributed by atoms with Gasteiger partial charge in [-0.2, -0.15) is 0 Å². The summed E-state index contributed by atoms with van der Waals surface area (Å²) in [5.41, 5.74) is 6.30. The molecule has 1 heterocycles. The van der Waals surface area contributed by atoms with E-state index in [9.17, 15) is 9.18 Å². The molecule has 0 saturated carbocycles. The van der Waals surface area contributed by atoms with Crippen molar-refractivity contribution in [1.29, 1.82) is 0 Å². The second kappa shape index (κ2) is 5.36. The molecule has 1 aromatic rings. The molecule has 0 bridgehead atoms. The fraction of sp³-hybridized carbons (Fsp3) is 0.462. The molecule has 2 N–H and O–H groups in total. The highest BCUT2D eigenvalue weighted by atomic mass is 79.9. The molecule has 0 radical (unpaired) electrons. The first-order valence-electron chi connectivity index (χ1n) is 5.99. The summed E-state index contributed by atoms with van der Waals surface area (Å²) in [6.45, 7) is 3.29. The maximum atomic E-state index is 13.2. The third kappa shape index (κ3) is 2.72. The number of halogens is 2. The highest BCUT2D eigenvalue weighted by Gasteiger charge is 2.27. The van der Waals surface area contributed by atoms with Gasteiger partial charge in [0, 0.05) is 23.6 Å². The molecule has 2 atom stereocenters. The lowest BCUT2D eigenvalue weighted by molar-refractivity contribution is 0.0662. The molecule has 18 heavy (non-hydrogen) atoms. The third-order valence-corrected chi connectivity index (χ3v) is 4.11. The molecule has 2 unspecified atom stereocenters. The van der Waals surface area contributed by atoms with Crippen molar-refractivity contribution < 1.29 is 9.18 Å². The molecule has 1 amide bonds. The Hall–Kier alpha value is -0.940. The van der Waals surface area contributed by atoms with E-state index < -0.39 is 5.82 Å². The molecule has 1 aromatic carbocycles. The standard InChI is InChI=1S/C13H16BrFN2O/c1-8-7-17(5-4-12(8)16)13(18)10-6-9(15)2-3-11(10)14/h2-3,6,8,12H,4-5,7,16H2,1H3. The molecule has 5 heteroatoms. The van der Waals surface area contributed by atoms with Crippen molar-refractivity contribution in [2.24, 2.45) is 11.7 Å². The molecule has 1 aliphatic rings. The molecule has 0 aromatic heterocycles. The Labute approximate surface area is 114 Å². The van der Waals surface area contributed by atoms with Gasteiger partial charge >= 0.3 is 0 Å². The van der Waals surface area contributed by atoms with Crippen LogP contribution in [0.5, 0.6) is 0 Å². The van der Waals surface area contributed by atoms with E-state index in [0.29, 0.717) is 23.1 Å². The zero-order valence-corrected chi connectivity index (χ0v) is 11.8. The lowest BCUT2D eigenvalue weighted by Gasteiger charge is -2.35. The van der Waals surface area contributed by atoms with E-state index in [-0.39, 0.29) is 17.9 Å². The number of hydrogen-bond acceptors (Lipinski definition) is 2. The first-order chi connectivity index (χ1) is 8.49. The van der Waals surface area contributed by atoms with E-state index in [2.05, 4.69) is 15.9 Å². The maximum absolute atomic E-state index is 13.2. The Balaban J connectivity index is 2.19. The highest BCUT2D eigenvalue weighted by Crippen LogP contribution is 2.22. The van der Waals surface area contributed by atoms with Gasteiger partial charge in [-0.15, -0.1) is 0 Å². The van der Waals surface area contributed by atoms with E-state index >= 15 is 0 Å². The van der Waals surface area contributed by atoms with E-state index in [1.54, 1.807) is 11.0 Å². The number of carbonyl (C=O) groups excluding carboxylic acids is 1. The average Bonchev–Trinajstić information content (AvgIpc) is 2.35. The predicted molar refractivity (Wildman–Crippen MR) is 71.8 cm³/mol. The van der Waals surface area contributed by atoms with Crippen molar-refractivity contribution in [3.05, 3.63) is 34.1 Å². The van der Waals surface area contributed by atoms with Gasteiger partial charge < -0.3 is 10.6 Å². The van der Waals surface area contributed by atoms with Crippen LogP contribution in [-0.4, -0.2) is 29.9 Å². The minimum Gasteiger partial charge on any atom is -0.338 e. The fourth-order valence-corrected chi connectivity index (χ4v) is 2.60. The molecule has 2 rings (SSSR count). The first kappa shape index (κ1) is 13.5. The van der Waals surface area contributed by atoms with Crippen LogP contribution in [-0.2, 0) is 0 Å². The van der Waals surface area contributed by atoms with Crippen LogP contribution in [0.2, 0.25) is 0 Å². The van der Waals surface area contributed by atoms with Gasteiger partial charge in [0.2, 0.25) is 0 Å². The van der Waals surface area contributed by atoms with E-state index in [1.807, 2.05) is 6.92 Å². The average molecular weight is 315 g/mol. The largest absolute Gasteiger partial charge is 0.338 e. The predicted octanol–water partition coefficient (Wildman–Crippen LogP) is 2.40. The number of piperidine rings is 1. The monoisotopic (exact) mass is 314 g/mol. The van der Waals surface area contributed by atoms with Crippen molar-refractivity contribution in [3.63, 3.8) is 0 Å². The molecule has 98 valence electrons. The summed E-state index contributed by atoms with van der Waals surface area (Å²) in [4.78, 5) is 14.1. The van der Waals surface area contributed by atoms with E-state index in [4.69, 9.17) is 5.73 Å². The fourth-order valence-electron chi connectivity index (χ4n) is 2.18. The second-order valence-corrected chi connectivity index (χ2v) is 5.66. The number of likely N-dealkylation sites (tertiary alicyclic amines) is 1. The quantitative estimate of drug-likeness (QED) is 0.865. The van der Waals surface area contributed by atoms with Gasteiger partial charge in [-0.3, -0.25) is 4.79 Å². The Kier molecular flexibility index (Phi) is 4.02. The number of nitrogens with two attached hydrogens (primary N) is 1. The Morgan fingerprint density at radius 2 is 2.28 bits per heavy atom. The van der Waals surface area contributed by atoms with Gasteiger partial charge in [0.25, 0.3) is 5.91 Å². The summed E-state index contributed by atoms with van der Waals surface area (Å²) in [7, 11) is 0. The SMILES string of the molecule is CC1CN(C(=O)c2cc(F)ccc2Br)CCC1N. The molecule has 3 nitrogen and oxygen atoms in total. The van der Waals surface area contributed by atoms with Gasteiger partial charge in [0.15, 0.2) is 0 Å². The second-order valence-electron chi connectivity index (χ2n) is 4.81. The number of carbonyl (C=O) groups is 1. The third-order valence-electron chi connectivity index (χ3n) is 3.42. The van der Waals surface area contributed by atoms with Gasteiger partial charge in [-0.25, -0.2) is 4.39 Å². The van der Waals surface area contributed by atoms with Gasteiger partial charge in [0.05, 0.1) is 5.56 Å². The van der Waals surface area contributed by atoms with E-state index in [0.717, 1.165) is 6.42 Å².